The quantitative estimate of drug-likeness (QED) is 0.704. The van der Waals surface area contributed by atoms with Crippen LogP contribution in [-0.2, 0) is 4.79 Å². The molecule has 0 aliphatic heterocycles. The second kappa shape index (κ2) is 7.03. The lowest BCUT2D eigenvalue weighted by Gasteiger charge is -2.21. The van der Waals surface area contributed by atoms with E-state index in [9.17, 15) is 9.59 Å². The standard InChI is InChI=1S/C20H18O7/c1-20(2,19(22)23)27-12-8-9-13-16(10-12)25-11-17(18(13)21)26-15-7-5-4-6-14(15)24-3/h4-11H,1-3H3,(H,22,23). The Bertz CT molecular complexity index is 1050. The predicted molar refractivity (Wildman–Crippen MR) is 97.9 cm³/mol. The highest BCUT2D eigenvalue weighted by Crippen LogP contribution is 2.31. The summed E-state index contributed by atoms with van der Waals surface area (Å²) in [5, 5.41) is 9.43. The zero-order valence-electron chi connectivity index (χ0n) is 15.0. The fourth-order valence-corrected chi connectivity index (χ4v) is 2.38. The second-order valence-electron chi connectivity index (χ2n) is 6.26. The highest BCUT2D eigenvalue weighted by Gasteiger charge is 2.29. The Hall–Kier alpha value is -3.48. The number of hydrogen-bond acceptors (Lipinski definition) is 6. The Kier molecular flexibility index (Phi) is 4.77. The summed E-state index contributed by atoms with van der Waals surface area (Å²) in [6.07, 6.45) is 1.20. The van der Waals surface area contributed by atoms with E-state index >= 15 is 0 Å². The van der Waals surface area contributed by atoms with Crippen LogP contribution in [0.2, 0.25) is 0 Å². The zero-order chi connectivity index (χ0) is 19.6. The van der Waals surface area contributed by atoms with Gasteiger partial charge >= 0.3 is 5.97 Å². The van der Waals surface area contributed by atoms with Crippen LogP contribution in [0.1, 0.15) is 13.8 Å². The van der Waals surface area contributed by atoms with Crippen LogP contribution in [0.25, 0.3) is 11.0 Å². The van der Waals surface area contributed by atoms with Gasteiger partial charge in [-0.2, -0.15) is 0 Å². The maximum Gasteiger partial charge on any atom is 0.347 e. The highest BCUT2D eigenvalue weighted by molar-refractivity contribution is 5.80. The van der Waals surface area contributed by atoms with E-state index in [0.717, 1.165) is 0 Å². The van der Waals surface area contributed by atoms with Gasteiger partial charge in [0.05, 0.1) is 12.5 Å². The molecule has 0 fully saturated rings. The summed E-state index contributed by atoms with van der Waals surface area (Å²) in [5.41, 5.74) is -1.53. The molecule has 0 amide bonds. The molecule has 7 heteroatoms. The summed E-state index contributed by atoms with van der Waals surface area (Å²) in [4.78, 5) is 23.9. The maximum atomic E-state index is 12.7. The number of aliphatic carboxylic acids is 1. The van der Waals surface area contributed by atoms with Gasteiger partial charge in [-0.05, 0) is 38.1 Å². The zero-order valence-corrected chi connectivity index (χ0v) is 15.0. The van der Waals surface area contributed by atoms with Gasteiger partial charge < -0.3 is 23.7 Å². The first-order valence-electron chi connectivity index (χ1n) is 8.10. The minimum Gasteiger partial charge on any atom is -0.493 e. The van der Waals surface area contributed by atoms with Crippen LogP contribution in [0.15, 0.2) is 57.9 Å². The molecule has 7 nitrogen and oxygen atoms in total. The molecule has 0 aliphatic rings. The van der Waals surface area contributed by atoms with Crippen LogP contribution in [0.3, 0.4) is 0 Å². The number of methoxy groups -OCH3 is 1. The Morgan fingerprint density at radius 3 is 2.44 bits per heavy atom. The molecule has 3 rings (SSSR count). The van der Waals surface area contributed by atoms with Crippen LogP contribution in [0.5, 0.6) is 23.0 Å². The predicted octanol–water partition coefficient (Wildman–Crippen LogP) is 3.84. The van der Waals surface area contributed by atoms with Crippen molar-refractivity contribution in [2.24, 2.45) is 0 Å². The summed E-state index contributed by atoms with van der Waals surface area (Å²) in [6, 6.07) is 11.4. The van der Waals surface area contributed by atoms with Crippen LogP contribution in [-0.4, -0.2) is 23.8 Å². The van der Waals surface area contributed by atoms with Crippen molar-refractivity contribution in [2.45, 2.75) is 19.4 Å². The molecule has 0 unspecified atom stereocenters. The van der Waals surface area contributed by atoms with E-state index in [4.69, 9.17) is 23.7 Å². The number of carboxylic acids is 1. The van der Waals surface area contributed by atoms with Gasteiger partial charge in [0.25, 0.3) is 0 Å². The molecule has 0 saturated carbocycles. The lowest BCUT2D eigenvalue weighted by Crippen LogP contribution is -2.37. The van der Waals surface area contributed by atoms with Crippen molar-refractivity contribution >= 4 is 16.9 Å². The number of rotatable bonds is 6. The maximum absolute atomic E-state index is 12.7. The van der Waals surface area contributed by atoms with Crippen molar-refractivity contribution in [1.82, 2.24) is 0 Å². The number of ether oxygens (including phenoxy) is 3. The molecule has 1 heterocycles. The van der Waals surface area contributed by atoms with E-state index < -0.39 is 11.6 Å². The lowest BCUT2D eigenvalue weighted by atomic mass is 10.1. The first-order valence-corrected chi connectivity index (χ1v) is 8.10. The van der Waals surface area contributed by atoms with Crippen molar-refractivity contribution < 1.29 is 28.5 Å². The largest absolute Gasteiger partial charge is 0.493 e. The molecule has 1 N–H and O–H groups in total. The summed E-state index contributed by atoms with van der Waals surface area (Å²) in [5.74, 6) is 0.0408. The molecule has 0 bridgehead atoms. The summed E-state index contributed by atoms with van der Waals surface area (Å²) in [6.45, 7) is 2.86. The Balaban J connectivity index is 1.95. The molecule has 0 saturated heterocycles. The summed E-state index contributed by atoms with van der Waals surface area (Å²) < 4.78 is 21.8. The Labute approximate surface area is 154 Å². The van der Waals surface area contributed by atoms with Crippen molar-refractivity contribution in [3.63, 3.8) is 0 Å². The van der Waals surface area contributed by atoms with Gasteiger partial charge in [0.15, 0.2) is 17.1 Å². The summed E-state index contributed by atoms with van der Waals surface area (Å²) >= 11 is 0. The van der Waals surface area contributed by atoms with Crippen LogP contribution < -0.4 is 19.6 Å². The van der Waals surface area contributed by atoms with E-state index in [-0.39, 0.29) is 27.9 Å². The molecule has 2 aromatic carbocycles. The third-order valence-corrected chi connectivity index (χ3v) is 3.89. The second-order valence-corrected chi connectivity index (χ2v) is 6.26. The average molecular weight is 370 g/mol. The van der Waals surface area contributed by atoms with Gasteiger partial charge in [-0.1, -0.05) is 12.1 Å². The molecule has 1 aromatic heterocycles. The van der Waals surface area contributed by atoms with E-state index in [1.165, 1.54) is 45.4 Å². The van der Waals surface area contributed by atoms with E-state index in [0.29, 0.717) is 11.5 Å². The SMILES string of the molecule is COc1ccccc1Oc1coc2cc(OC(C)(C)C(=O)O)ccc2c1=O. The molecule has 0 radical (unpaired) electrons. The molecule has 3 aromatic rings. The highest BCUT2D eigenvalue weighted by atomic mass is 16.5. The van der Waals surface area contributed by atoms with Gasteiger partial charge in [-0.3, -0.25) is 4.79 Å². The van der Waals surface area contributed by atoms with Crippen molar-refractivity contribution in [2.75, 3.05) is 7.11 Å². The Morgan fingerprint density at radius 1 is 1.07 bits per heavy atom. The molecule has 0 spiro atoms. The van der Waals surface area contributed by atoms with E-state index in [2.05, 4.69) is 0 Å². The minimum atomic E-state index is -1.42. The normalized spacial score (nSPS) is 11.2. The van der Waals surface area contributed by atoms with Gasteiger partial charge in [0, 0.05) is 6.07 Å². The molecule has 0 aliphatic carbocycles. The van der Waals surface area contributed by atoms with Crippen molar-refractivity contribution in [1.29, 1.82) is 0 Å². The van der Waals surface area contributed by atoms with E-state index in [1.807, 2.05) is 0 Å². The number of fused-ring (bicyclic) bond motifs is 1. The van der Waals surface area contributed by atoms with Gasteiger partial charge in [-0.25, -0.2) is 4.79 Å². The number of para-hydroxylation sites is 2. The van der Waals surface area contributed by atoms with Gasteiger partial charge in [0.1, 0.15) is 17.6 Å². The molecule has 0 atom stereocenters. The van der Waals surface area contributed by atoms with Crippen LogP contribution in [0, 0.1) is 0 Å². The molecular formula is C20H18O7. The fourth-order valence-electron chi connectivity index (χ4n) is 2.38. The third kappa shape index (κ3) is 3.72. The average Bonchev–Trinajstić information content (AvgIpc) is 2.64. The number of carboxylic acid groups (broad SMARTS) is 1. The van der Waals surface area contributed by atoms with Gasteiger partial charge in [0.2, 0.25) is 11.2 Å². The number of hydrogen-bond donors (Lipinski definition) is 1. The monoisotopic (exact) mass is 370 g/mol. The molecule has 27 heavy (non-hydrogen) atoms. The third-order valence-electron chi connectivity index (χ3n) is 3.89. The van der Waals surface area contributed by atoms with E-state index in [1.54, 1.807) is 24.3 Å². The molecule has 140 valence electrons. The first kappa shape index (κ1) is 18.3. The van der Waals surface area contributed by atoms with Crippen molar-refractivity contribution in [3.8, 4) is 23.0 Å². The van der Waals surface area contributed by atoms with Gasteiger partial charge in [-0.15, -0.1) is 0 Å². The van der Waals surface area contributed by atoms with Crippen molar-refractivity contribution in [3.05, 3.63) is 59.0 Å². The lowest BCUT2D eigenvalue weighted by molar-refractivity contribution is -0.152. The minimum absolute atomic E-state index is 0.00605. The summed E-state index contributed by atoms with van der Waals surface area (Å²) in [7, 11) is 1.51. The number of benzene rings is 2. The first-order chi connectivity index (χ1) is 12.8. The molecular weight excluding hydrogens is 352 g/mol. The van der Waals surface area contributed by atoms with Crippen LogP contribution in [0.4, 0.5) is 0 Å². The fraction of sp³-hybridized carbons (Fsp3) is 0.200. The number of carbonyl (C=O) groups is 1. The smallest absolute Gasteiger partial charge is 0.347 e. The van der Waals surface area contributed by atoms with Crippen LogP contribution >= 0.6 is 0 Å². The topological polar surface area (TPSA) is 95.2 Å². The Morgan fingerprint density at radius 2 is 1.78 bits per heavy atom.